The molecule has 0 N–H and O–H groups in total. The van der Waals surface area contributed by atoms with Crippen LogP contribution < -0.4 is 4.90 Å². The SMILES string of the molecule is Cc1ccc(-c2ccc(F)c(F)c2)cc1N1C(=O)c2ccc(C(=O)N=S(C)(C)=O)cc2C1=O. The number of benzene rings is 3. The van der Waals surface area contributed by atoms with E-state index in [0.717, 1.165) is 17.0 Å². The molecule has 0 spiro atoms. The highest BCUT2D eigenvalue weighted by Gasteiger charge is 2.38. The molecule has 1 heterocycles. The fraction of sp³-hybridized carbons (Fsp3) is 0.125. The van der Waals surface area contributed by atoms with Gasteiger partial charge in [-0.1, -0.05) is 18.2 Å². The van der Waals surface area contributed by atoms with Crippen molar-refractivity contribution < 1.29 is 27.4 Å². The van der Waals surface area contributed by atoms with Crippen molar-refractivity contribution in [2.24, 2.45) is 4.36 Å². The van der Waals surface area contributed by atoms with Gasteiger partial charge in [0.05, 0.1) is 16.8 Å². The van der Waals surface area contributed by atoms with Crippen molar-refractivity contribution in [3.63, 3.8) is 0 Å². The molecule has 1 aliphatic rings. The number of hydrogen-bond donors (Lipinski definition) is 0. The summed E-state index contributed by atoms with van der Waals surface area (Å²) >= 11 is 0. The van der Waals surface area contributed by atoms with Gasteiger partial charge in [-0.05, 0) is 60.0 Å². The van der Waals surface area contributed by atoms with E-state index in [1.807, 2.05) is 0 Å². The number of carbonyl (C=O) groups is 3. The van der Waals surface area contributed by atoms with Gasteiger partial charge in [0.2, 0.25) is 0 Å². The molecule has 0 fully saturated rings. The third-order valence-corrected chi connectivity index (χ3v) is 5.74. The van der Waals surface area contributed by atoms with Gasteiger partial charge in [0, 0.05) is 27.8 Å². The lowest BCUT2D eigenvalue weighted by Gasteiger charge is -2.18. The van der Waals surface area contributed by atoms with Crippen LogP contribution in [-0.4, -0.2) is 34.4 Å². The number of carbonyl (C=O) groups excluding carboxylic acids is 3. The molecule has 0 radical (unpaired) electrons. The molecule has 3 aromatic rings. The summed E-state index contributed by atoms with van der Waals surface area (Å²) in [5.74, 6) is -3.95. The van der Waals surface area contributed by atoms with Crippen LogP contribution in [-0.2, 0) is 9.73 Å². The Morgan fingerprint density at radius 1 is 0.848 bits per heavy atom. The standard InChI is InChI=1S/C24H18F2N2O4S/c1-13-4-5-15(14-7-9-19(25)20(26)11-14)12-21(13)28-23(30)17-8-6-16(10-18(17)24(28)31)22(29)27-33(2,3)32/h4-12H,1-3H3. The number of hydrogen-bond acceptors (Lipinski definition) is 4. The monoisotopic (exact) mass is 468 g/mol. The predicted molar refractivity (Wildman–Crippen MR) is 121 cm³/mol. The predicted octanol–water partition coefficient (Wildman–Crippen LogP) is 4.61. The first-order valence-electron chi connectivity index (χ1n) is 9.76. The molecule has 168 valence electrons. The first-order chi connectivity index (χ1) is 15.5. The van der Waals surface area contributed by atoms with Gasteiger partial charge in [0.25, 0.3) is 17.7 Å². The highest BCUT2D eigenvalue weighted by molar-refractivity contribution is 7.92. The van der Waals surface area contributed by atoms with Crippen molar-refractivity contribution in [3.05, 3.63) is 88.5 Å². The molecule has 0 aromatic heterocycles. The smallest absolute Gasteiger partial charge is 0.268 e. The number of fused-ring (bicyclic) bond motifs is 1. The summed E-state index contributed by atoms with van der Waals surface area (Å²) in [6, 6.07) is 12.3. The molecule has 4 rings (SSSR count). The van der Waals surface area contributed by atoms with Crippen LogP contribution in [0.15, 0.2) is 59.0 Å². The average Bonchev–Trinajstić information content (AvgIpc) is 2.99. The van der Waals surface area contributed by atoms with Gasteiger partial charge < -0.3 is 0 Å². The van der Waals surface area contributed by atoms with Gasteiger partial charge in [-0.2, -0.15) is 4.36 Å². The van der Waals surface area contributed by atoms with E-state index in [-0.39, 0.29) is 22.4 Å². The summed E-state index contributed by atoms with van der Waals surface area (Å²) < 4.78 is 42.5. The van der Waals surface area contributed by atoms with Crippen molar-refractivity contribution in [1.29, 1.82) is 0 Å². The third-order valence-electron chi connectivity index (χ3n) is 5.14. The van der Waals surface area contributed by atoms with Crippen LogP contribution in [0.4, 0.5) is 14.5 Å². The Kier molecular flexibility index (Phi) is 5.45. The minimum atomic E-state index is -2.69. The molecule has 3 amide bonds. The Morgan fingerprint density at radius 3 is 2.15 bits per heavy atom. The molecule has 1 aliphatic heterocycles. The Bertz CT molecular complexity index is 1480. The molecular formula is C24H18F2N2O4S. The van der Waals surface area contributed by atoms with E-state index in [2.05, 4.69) is 4.36 Å². The van der Waals surface area contributed by atoms with Crippen LogP contribution in [0.25, 0.3) is 11.1 Å². The summed E-state index contributed by atoms with van der Waals surface area (Å²) in [4.78, 5) is 39.5. The van der Waals surface area contributed by atoms with Crippen molar-refractivity contribution in [1.82, 2.24) is 0 Å². The maximum Gasteiger partial charge on any atom is 0.285 e. The zero-order chi connectivity index (χ0) is 24.1. The van der Waals surface area contributed by atoms with E-state index in [0.29, 0.717) is 16.7 Å². The van der Waals surface area contributed by atoms with E-state index in [1.165, 1.54) is 36.8 Å². The lowest BCUT2D eigenvalue weighted by Crippen LogP contribution is -2.30. The maximum atomic E-state index is 13.7. The average molecular weight is 468 g/mol. The molecule has 0 saturated carbocycles. The first-order valence-corrected chi connectivity index (χ1v) is 12.1. The second-order valence-corrected chi connectivity index (χ2v) is 10.5. The number of imide groups is 1. The van der Waals surface area contributed by atoms with Crippen molar-refractivity contribution >= 4 is 33.1 Å². The largest absolute Gasteiger partial charge is 0.285 e. The zero-order valence-corrected chi connectivity index (χ0v) is 18.7. The quantitative estimate of drug-likeness (QED) is 0.526. The molecule has 0 saturated heterocycles. The topological polar surface area (TPSA) is 83.9 Å². The lowest BCUT2D eigenvalue weighted by atomic mass is 10.0. The molecular weight excluding hydrogens is 450 g/mol. The van der Waals surface area contributed by atoms with E-state index < -0.39 is 39.1 Å². The number of amides is 3. The molecule has 0 unspecified atom stereocenters. The minimum Gasteiger partial charge on any atom is -0.268 e. The lowest BCUT2D eigenvalue weighted by molar-refractivity contribution is 0.0925. The van der Waals surface area contributed by atoms with Crippen molar-refractivity contribution in [2.45, 2.75) is 6.92 Å². The first kappa shape index (κ1) is 22.5. The Hall–Kier alpha value is -3.72. The summed E-state index contributed by atoms with van der Waals surface area (Å²) in [6.45, 7) is 1.71. The second kappa shape index (κ2) is 8.00. The van der Waals surface area contributed by atoms with Crippen molar-refractivity contribution in [2.75, 3.05) is 17.4 Å². The summed E-state index contributed by atoms with van der Waals surface area (Å²) in [6.07, 6.45) is 2.63. The number of rotatable bonds is 3. The summed E-state index contributed by atoms with van der Waals surface area (Å²) in [5, 5.41) is 0. The fourth-order valence-electron chi connectivity index (χ4n) is 3.55. The molecule has 6 nitrogen and oxygen atoms in total. The zero-order valence-electron chi connectivity index (χ0n) is 17.9. The van der Waals surface area contributed by atoms with E-state index in [9.17, 15) is 27.4 Å². The minimum absolute atomic E-state index is 0.0254. The van der Waals surface area contributed by atoms with Crippen LogP contribution in [0, 0.1) is 18.6 Å². The Labute approximate surface area is 189 Å². The van der Waals surface area contributed by atoms with Gasteiger partial charge in [-0.3, -0.25) is 14.4 Å². The molecule has 9 heteroatoms. The van der Waals surface area contributed by atoms with E-state index in [1.54, 1.807) is 25.1 Å². The van der Waals surface area contributed by atoms with Crippen LogP contribution in [0.1, 0.15) is 36.6 Å². The molecule has 3 aromatic carbocycles. The number of anilines is 1. The molecule has 0 bridgehead atoms. The molecule has 33 heavy (non-hydrogen) atoms. The number of nitrogens with zero attached hydrogens (tertiary/aromatic N) is 2. The van der Waals surface area contributed by atoms with Gasteiger partial charge in [-0.25, -0.2) is 17.9 Å². The van der Waals surface area contributed by atoms with Crippen LogP contribution in [0.2, 0.25) is 0 Å². The number of aryl methyl sites for hydroxylation is 1. The Morgan fingerprint density at radius 2 is 1.48 bits per heavy atom. The van der Waals surface area contributed by atoms with Gasteiger partial charge in [-0.15, -0.1) is 0 Å². The van der Waals surface area contributed by atoms with Crippen LogP contribution in [0.5, 0.6) is 0 Å². The van der Waals surface area contributed by atoms with Gasteiger partial charge >= 0.3 is 0 Å². The van der Waals surface area contributed by atoms with Gasteiger partial charge in [0.1, 0.15) is 0 Å². The molecule has 0 aliphatic carbocycles. The number of halogens is 2. The van der Waals surface area contributed by atoms with Crippen LogP contribution in [0.3, 0.4) is 0 Å². The highest BCUT2D eigenvalue weighted by Crippen LogP contribution is 2.34. The van der Waals surface area contributed by atoms with Crippen LogP contribution >= 0.6 is 0 Å². The van der Waals surface area contributed by atoms with E-state index in [4.69, 9.17) is 0 Å². The van der Waals surface area contributed by atoms with Gasteiger partial charge in [0.15, 0.2) is 11.6 Å². The van der Waals surface area contributed by atoms with Crippen molar-refractivity contribution in [3.8, 4) is 11.1 Å². The third kappa shape index (κ3) is 4.19. The summed E-state index contributed by atoms with van der Waals surface area (Å²) in [5.41, 5.74) is 1.94. The van der Waals surface area contributed by atoms with E-state index >= 15 is 0 Å². The highest BCUT2D eigenvalue weighted by atomic mass is 32.2. The summed E-state index contributed by atoms with van der Waals surface area (Å²) in [7, 11) is -2.69. The molecule has 0 atom stereocenters. The maximum absolute atomic E-state index is 13.7. The Balaban J connectivity index is 1.76. The second-order valence-electron chi connectivity index (χ2n) is 7.91. The fourth-order valence-corrected chi connectivity index (χ4v) is 4.06. The normalized spacial score (nSPS) is 13.3.